The standard InChI is InChI=1S/C19H23NO3/c1-3-5-13-23-16-10-8-9-15(14-16)19(21)20-17-11-6-7-12-18(17)22-4-2/h6-12,14H,3-5,13H2,1-2H3,(H,20,21). The van der Waals surface area contributed by atoms with Crippen molar-refractivity contribution < 1.29 is 14.3 Å². The average Bonchev–Trinajstić information content (AvgIpc) is 2.57. The van der Waals surface area contributed by atoms with Gasteiger partial charge in [0.05, 0.1) is 18.9 Å². The molecular weight excluding hydrogens is 290 g/mol. The van der Waals surface area contributed by atoms with Gasteiger partial charge in [-0.2, -0.15) is 0 Å². The van der Waals surface area contributed by atoms with Crippen LogP contribution in [0.4, 0.5) is 5.69 Å². The lowest BCUT2D eigenvalue weighted by molar-refractivity contribution is 0.102. The van der Waals surface area contributed by atoms with Crippen molar-refractivity contribution in [2.75, 3.05) is 18.5 Å². The van der Waals surface area contributed by atoms with Crippen molar-refractivity contribution in [3.05, 3.63) is 54.1 Å². The number of nitrogens with one attached hydrogen (secondary N) is 1. The number of hydrogen-bond acceptors (Lipinski definition) is 3. The maximum Gasteiger partial charge on any atom is 0.255 e. The number of hydrogen-bond donors (Lipinski definition) is 1. The highest BCUT2D eigenvalue weighted by atomic mass is 16.5. The van der Waals surface area contributed by atoms with Crippen molar-refractivity contribution in [3.8, 4) is 11.5 Å². The number of para-hydroxylation sites is 2. The zero-order chi connectivity index (χ0) is 16.5. The lowest BCUT2D eigenvalue weighted by Gasteiger charge is -2.12. The molecule has 122 valence electrons. The van der Waals surface area contributed by atoms with E-state index in [1.165, 1.54) is 0 Å². The molecule has 0 saturated carbocycles. The van der Waals surface area contributed by atoms with E-state index in [9.17, 15) is 4.79 Å². The van der Waals surface area contributed by atoms with Gasteiger partial charge in [0.15, 0.2) is 0 Å². The fourth-order valence-electron chi connectivity index (χ4n) is 2.11. The zero-order valence-corrected chi connectivity index (χ0v) is 13.7. The van der Waals surface area contributed by atoms with Crippen molar-refractivity contribution in [1.82, 2.24) is 0 Å². The Bertz CT molecular complexity index is 640. The van der Waals surface area contributed by atoms with E-state index in [-0.39, 0.29) is 5.91 Å². The van der Waals surface area contributed by atoms with Crippen LogP contribution in [0.15, 0.2) is 48.5 Å². The van der Waals surface area contributed by atoms with Gasteiger partial charge in [-0.05, 0) is 43.7 Å². The summed E-state index contributed by atoms with van der Waals surface area (Å²) in [5, 5.41) is 2.89. The molecule has 2 aromatic carbocycles. The van der Waals surface area contributed by atoms with E-state index in [4.69, 9.17) is 9.47 Å². The maximum atomic E-state index is 12.4. The molecule has 0 aliphatic rings. The molecule has 4 heteroatoms. The summed E-state index contributed by atoms with van der Waals surface area (Å²) in [6.07, 6.45) is 2.08. The first-order chi connectivity index (χ1) is 11.2. The smallest absolute Gasteiger partial charge is 0.255 e. The molecule has 2 aromatic rings. The molecule has 0 radical (unpaired) electrons. The Labute approximate surface area is 137 Å². The second kappa shape index (κ2) is 8.83. The van der Waals surface area contributed by atoms with Gasteiger partial charge in [0.1, 0.15) is 11.5 Å². The molecule has 0 bridgehead atoms. The molecule has 0 aromatic heterocycles. The first-order valence-electron chi connectivity index (χ1n) is 8.00. The number of ether oxygens (including phenoxy) is 2. The summed E-state index contributed by atoms with van der Waals surface area (Å²) in [6, 6.07) is 14.6. The molecule has 0 heterocycles. The summed E-state index contributed by atoms with van der Waals surface area (Å²) < 4.78 is 11.2. The molecule has 4 nitrogen and oxygen atoms in total. The monoisotopic (exact) mass is 313 g/mol. The van der Waals surface area contributed by atoms with Crippen molar-refractivity contribution in [3.63, 3.8) is 0 Å². The number of rotatable bonds is 8. The summed E-state index contributed by atoms with van der Waals surface area (Å²) in [5.41, 5.74) is 1.22. The van der Waals surface area contributed by atoms with Gasteiger partial charge in [-0.15, -0.1) is 0 Å². The molecular formula is C19H23NO3. The normalized spacial score (nSPS) is 10.2. The van der Waals surface area contributed by atoms with Crippen molar-refractivity contribution >= 4 is 11.6 Å². The van der Waals surface area contributed by atoms with E-state index in [0.29, 0.717) is 36.0 Å². The predicted molar refractivity (Wildman–Crippen MR) is 92.4 cm³/mol. The second-order valence-electron chi connectivity index (χ2n) is 5.11. The first-order valence-corrected chi connectivity index (χ1v) is 8.00. The molecule has 0 atom stereocenters. The van der Waals surface area contributed by atoms with Gasteiger partial charge in [-0.3, -0.25) is 4.79 Å². The third-order valence-electron chi connectivity index (χ3n) is 3.30. The van der Waals surface area contributed by atoms with Gasteiger partial charge in [0, 0.05) is 5.56 Å². The summed E-state index contributed by atoms with van der Waals surface area (Å²) in [7, 11) is 0. The van der Waals surface area contributed by atoms with Crippen molar-refractivity contribution in [1.29, 1.82) is 0 Å². The number of benzene rings is 2. The van der Waals surface area contributed by atoms with Gasteiger partial charge in [-0.1, -0.05) is 31.5 Å². The maximum absolute atomic E-state index is 12.4. The highest BCUT2D eigenvalue weighted by molar-refractivity contribution is 6.05. The van der Waals surface area contributed by atoms with Crippen LogP contribution >= 0.6 is 0 Å². The number of carbonyl (C=O) groups excluding carboxylic acids is 1. The minimum Gasteiger partial charge on any atom is -0.494 e. The summed E-state index contributed by atoms with van der Waals surface area (Å²) >= 11 is 0. The van der Waals surface area contributed by atoms with E-state index < -0.39 is 0 Å². The highest BCUT2D eigenvalue weighted by Crippen LogP contribution is 2.24. The molecule has 0 fully saturated rings. The Balaban J connectivity index is 2.07. The zero-order valence-electron chi connectivity index (χ0n) is 13.7. The van der Waals surface area contributed by atoms with E-state index in [1.807, 2.05) is 43.3 Å². The minimum absolute atomic E-state index is 0.182. The third-order valence-corrected chi connectivity index (χ3v) is 3.30. The van der Waals surface area contributed by atoms with Gasteiger partial charge in [0.2, 0.25) is 0 Å². The minimum atomic E-state index is -0.182. The molecule has 0 aliphatic carbocycles. The van der Waals surface area contributed by atoms with Gasteiger partial charge in [-0.25, -0.2) is 0 Å². The van der Waals surface area contributed by atoms with Crippen LogP contribution < -0.4 is 14.8 Å². The fourth-order valence-corrected chi connectivity index (χ4v) is 2.11. The van der Waals surface area contributed by atoms with Crippen LogP contribution in [0.1, 0.15) is 37.0 Å². The van der Waals surface area contributed by atoms with Crippen LogP contribution in [0.25, 0.3) is 0 Å². The molecule has 0 unspecified atom stereocenters. The predicted octanol–water partition coefficient (Wildman–Crippen LogP) is 4.52. The van der Waals surface area contributed by atoms with Gasteiger partial charge < -0.3 is 14.8 Å². The number of anilines is 1. The largest absolute Gasteiger partial charge is 0.494 e. The SMILES string of the molecule is CCCCOc1cccc(C(=O)Nc2ccccc2OCC)c1. The Morgan fingerprint density at radius 1 is 1.04 bits per heavy atom. The van der Waals surface area contributed by atoms with Crippen molar-refractivity contribution in [2.45, 2.75) is 26.7 Å². The Morgan fingerprint density at radius 3 is 2.65 bits per heavy atom. The fraction of sp³-hybridized carbons (Fsp3) is 0.316. The van der Waals surface area contributed by atoms with E-state index >= 15 is 0 Å². The Kier molecular flexibility index (Phi) is 6.48. The molecule has 0 spiro atoms. The van der Waals surface area contributed by atoms with E-state index in [2.05, 4.69) is 12.2 Å². The molecule has 2 rings (SSSR count). The van der Waals surface area contributed by atoms with E-state index in [0.717, 1.165) is 12.8 Å². The average molecular weight is 313 g/mol. The van der Waals surface area contributed by atoms with E-state index in [1.54, 1.807) is 12.1 Å². The Hall–Kier alpha value is -2.49. The molecule has 1 N–H and O–H groups in total. The van der Waals surface area contributed by atoms with Crippen LogP contribution in [0, 0.1) is 0 Å². The van der Waals surface area contributed by atoms with Crippen LogP contribution in [-0.2, 0) is 0 Å². The van der Waals surface area contributed by atoms with Gasteiger partial charge in [0.25, 0.3) is 5.91 Å². The molecule has 0 aliphatic heterocycles. The van der Waals surface area contributed by atoms with Gasteiger partial charge >= 0.3 is 0 Å². The summed E-state index contributed by atoms with van der Waals surface area (Å²) in [4.78, 5) is 12.4. The second-order valence-corrected chi connectivity index (χ2v) is 5.11. The van der Waals surface area contributed by atoms with Crippen LogP contribution in [0.2, 0.25) is 0 Å². The Morgan fingerprint density at radius 2 is 1.87 bits per heavy atom. The quantitative estimate of drug-likeness (QED) is 0.729. The van der Waals surface area contributed by atoms with Crippen molar-refractivity contribution in [2.24, 2.45) is 0 Å². The lowest BCUT2D eigenvalue weighted by atomic mass is 10.2. The number of unbranched alkanes of at least 4 members (excludes halogenated alkanes) is 1. The highest BCUT2D eigenvalue weighted by Gasteiger charge is 2.10. The van der Waals surface area contributed by atoms with Crippen LogP contribution in [-0.4, -0.2) is 19.1 Å². The molecule has 1 amide bonds. The third kappa shape index (κ3) is 5.02. The topological polar surface area (TPSA) is 47.6 Å². The van der Waals surface area contributed by atoms with Crippen LogP contribution in [0.5, 0.6) is 11.5 Å². The number of amides is 1. The first kappa shape index (κ1) is 16.9. The lowest BCUT2D eigenvalue weighted by Crippen LogP contribution is -2.13. The molecule has 23 heavy (non-hydrogen) atoms. The summed E-state index contributed by atoms with van der Waals surface area (Å²) in [5.74, 6) is 1.20. The molecule has 0 saturated heterocycles. The number of carbonyl (C=O) groups is 1. The summed E-state index contributed by atoms with van der Waals surface area (Å²) in [6.45, 7) is 5.24. The van der Waals surface area contributed by atoms with Crippen LogP contribution in [0.3, 0.4) is 0 Å².